The van der Waals surface area contributed by atoms with E-state index < -0.39 is 211 Å². The van der Waals surface area contributed by atoms with Crippen molar-refractivity contribution in [1.29, 1.82) is 0 Å². The first-order valence-corrected chi connectivity index (χ1v) is 41.5. The topological polar surface area (TPSA) is 750 Å². The van der Waals surface area contributed by atoms with Gasteiger partial charge in [-0.25, -0.2) is 0 Å². The molecule has 0 saturated heterocycles. The molecule has 15 amide bonds. The fraction of sp³-hybridized carbons (Fsp3) is 0.776. The van der Waals surface area contributed by atoms with Crippen molar-refractivity contribution in [3.8, 4) is 0 Å². The highest BCUT2D eigenvalue weighted by atomic mass is 16.3. The molecule has 0 unspecified atom stereocenters. The van der Waals surface area contributed by atoms with E-state index in [1.165, 1.54) is 6.92 Å². The zero-order chi connectivity index (χ0) is 90.6. The maximum Gasteiger partial charge on any atom is 0.245 e. The van der Waals surface area contributed by atoms with Gasteiger partial charge in [-0.2, -0.15) is 0 Å². The van der Waals surface area contributed by atoms with E-state index in [1.54, 1.807) is 48.5 Å². The number of carbonyl (C=O) groups is 15. The molecule has 0 bridgehead atoms. The van der Waals surface area contributed by atoms with Gasteiger partial charge in [-0.3, -0.25) is 81.9 Å². The van der Waals surface area contributed by atoms with Crippen LogP contribution in [-0.2, 0) is 71.9 Å². The quantitative estimate of drug-likeness (QED) is 0.0153. The summed E-state index contributed by atoms with van der Waals surface area (Å²) in [4.78, 5) is 216. The number of nitrogens with zero attached hydrogens (tertiary/aromatic N) is 2. The van der Waals surface area contributed by atoms with Crippen molar-refractivity contribution in [2.45, 2.75) is 289 Å². The second-order valence-electron chi connectivity index (χ2n) is 31.2. The molecular formula is C76H146N26O17. The molecule has 0 fully saturated rings. The maximum atomic E-state index is 14.7. The molecule has 0 aliphatic heterocycles. The van der Waals surface area contributed by atoms with Crippen LogP contribution in [0, 0.1) is 29.6 Å². The predicted molar refractivity (Wildman–Crippen MR) is 449 cm³/mol. The molecule has 0 heterocycles. The summed E-state index contributed by atoms with van der Waals surface area (Å²) in [6.07, 6.45) is 3.37. The minimum absolute atomic E-state index is 0.0302. The fourth-order valence-electron chi connectivity index (χ4n) is 12.1. The third-order valence-electron chi connectivity index (χ3n) is 19.5. The van der Waals surface area contributed by atoms with Crippen LogP contribution in [0.1, 0.15) is 205 Å². The molecule has 119 heavy (non-hydrogen) atoms. The van der Waals surface area contributed by atoms with Crippen molar-refractivity contribution in [2.24, 2.45) is 96.9 Å². The third-order valence-corrected chi connectivity index (χ3v) is 19.5. The first kappa shape index (κ1) is 109. The monoisotopic (exact) mass is 1700 g/mol. The lowest BCUT2D eigenvalue weighted by Crippen LogP contribution is -2.62. The van der Waals surface area contributed by atoms with E-state index in [2.05, 4.69) is 84.4 Å². The Morgan fingerprint density at radius 1 is 0.328 bits per heavy atom. The van der Waals surface area contributed by atoms with Crippen LogP contribution in [0.5, 0.6) is 0 Å². The molecule has 0 rings (SSSR count). The Labute approximate surface area is 699 Å². The Hall–Kier alpha value is -9.69. The van der Waals surface area contributed by atoms with Crippen LogP contribution in [0.25, 0.3) is 0 Å². The standard InChI is InChI=1S/C76H146N26O17/c1-12-44(9)59(100-63(108)47(81)24-14-18-30-77)73(118)96-53(36-41(3)4)68(113)93-49(28-22-34-87-75(83)84)64(109)89-39-57(106)99-58(43(7)8)72(117)98-55(40-103)70(115)95-51(27-17-21-33-80)66(111)94-52(29-23-35-88-76(85)86)67(112)101-60(45(10)13-2)74(119)97-54(37-42(5)6)69(114)102-61(46(11)104)71(116)90-38-56(105)91-50(26-16-20-32-79)65(110)92-48(62(82)107)25-15-19-31-78/h41-55,58-61,103-104H,12-40,77-81H2,1-11H3,(H2,82,107)(H,89,109)(H,90,116)(H,91,105)(H,92,110)(H,93,113)(H,94,111)(H,95,115)(H,96,118)(H,97,119)(H,98,117)(H,99,106)(H,100,108)(H,101,112)(H,102,114)(H4,83,84,87)(H4,85,86,88)/t44-,45-,46+,47-,48-,49-,50-,51-,52-,53-,54-,55-,58-,59-,60-,61-/m0/s1. The summed E-state index contributed by atoms with van der Waals surface area (Å²) in [7, 11) is 0. The molecule has 36 N–H and O–H groups in total. The van der Waals surface area contributed by atoms with E-state index in [9.17, 15) is 82.1 Å². The zero-order valence-corrected chi connectivity index (χ0v) is 71.7. The normalized spacial score (nSPS) is 15.3. The highest BCUT2D eigenvalue weighted by Crippen LogP contribution is 2.17. The molecule has 0 aliphatic rings. The first-order chi connectivity index (χ1) is 56.1. The summed E-state index contributed by atoms with van der Waals surface area (Å²) in [6, 6.07) is -17.6. The minimum atomic E-state index is -1.78. The average molecular weight is 1700 g/mol. The molecule has 0 spiro atoms. The molecule has 0 aromatic rings. The van der Waals surface area contributed by atoms with Crippen molar-refractivity contribution in [1.82, 2.24) is 74.4 Å². The SMILES string of the molecule is CC[C@H](C)[C@H](NC(=O)[C@H](CCCN=C(N)N)NC(=O)[C@H](CCCCN)NC(=O)[C@H](CO)NC(=O)[C@@H](NC(=O)CNC(=O)[C@H](CCCN=C(N)N)NC(=O)[C@H](CC(C)C)NC(=O)[C@@H](NC(=O)[C@@H](N)CCCCN)[C@@H](C)CC)C(C)C)C(=O)N[C@@H](CC(C)C)C(=O)N[C@H](C(=O)NCC(=O)N[C@@H](CCCCN)C(=O)N[C@@H](CCCCN)C(N)=O)[C@@H](C)O. The van der Waals surface area contributed by atoms with E-state index in [0.717, 1.165) is 0 Å². The van der Waals surface area contributed by atoms with E-state index in [0.29, 0.717) is 70.9 Å². The van der Waals surface area contributed by atoms with E-state index in [1.807, 2.05) is 20.8 Å². The van der Waals surface area contributed by atoms with Crippen LogP contribution in [0.15, 0.2) is 9.98 Å². The van der Waals surface area contributed by atoms with Gasteiger partial charge in [0.05, 0.1) is 31.8 Å². The second-order valence-corrected chi connectivity index (χ2v) is 31.2. The molecular weight excluding hydrogens is 1550 g/mol. The van der Waals surface area contributed by atoms with Crippen molar-refractivity contribution in [3.63, 3.8) is 0 Å². The number of hydrogen-bond acceptors (Lipinski definition) is 24. The summed E-state index contributed by atoms with van der Waals surface area (Å²) in [5, 5.41) is 57.5. The molecule has 682 valence electrons. The Kier molecular flexibility index (Phi) is 55.8. The van der Waals surface area contributed by atoms with Gasteiger partial charge in [-0.15, -0.1) is 0 Å². The first-order valence-electron chi connectivity index (χ1n) is 41.5. The second kappa shape index (κ2) is 60.7. The van der Waals surface area contributed by atoms with E-state index in [4.69, 9.17) is 57.3 Å². The smallest absolute Gasteiger partial charge is 0.245 e. The van der Waals surface area contributed by atoms with Gasteiger partial charge in [0.25, 0.3) is 0 Å². The number of rotatable bonds is 64. The van der Waals surface area contributed by atoms with Crippen LogP contribution < -0.4 is 132 Å². The largest absolute Gasteiger partial charge is 0.394 e. The number of nitrogens with two attached hydrogens (primary N) is 10. The van der Waals surface area contributed by atoms with Gasteiger partial charge in [0.1, 0.15) is 72.5 Å². The van der Waals surface area contributed by atoms with Crippen molar-refractivity contribution in [2.75, 3.05) is 59.0 Å². The Bertz CT molecular complexity index is 3230. The van der Waals surface area contributed by atoms with Crippen molar-refractivity contribution in [3.05, 3.63) is 0 Å². The third kappa shape index (κ3) is 45.3. The summed E-state index contributed by atoms with van der Waals surface area (Å²) in [5.74, 6) is -15.7. The molecule has 0 aromatic heterocycles. The number of hydrogen-bond donors (Lipinski definition) is 26. The van der Waals surface area contributed by atoms with Gasteiger partial charge in [-0.05, 0) is 172 Å². The molecule has 16 atom stereocenters. The number of primary amides is 1. The van der Waals surface area contributed by atoms with E-state index in [-0.39, 0.29) is 121 Å². The molecule has 0 aromatic carbocycles. The van der Waals surface area contributed by atoms with Gasteiger partial charge in [-0.1, -0.05) is 88.5 Å². The fourth-order valence-corrected chi connectivity index (χ4v) is 12.1. The van der Waals surface area contributed by atoms with Gasteiger partial charge in [0.15, 0.2) is 11.9 Å². The number of aliphatic imine (C=N–C) groups is 2. The number of aliphatic hydroxyl groups is 2. The number of nitrogens with one attached hydrogen (secondary N) is 14. The highest BCUT2D eigenvalue weighted by molar-refractivity contribution is 6.00. The highest BCUT2D eigenvalue weighted by Gasteiger charge is 2.39. The number of aliphatic hydroxyl groups excluding tert-OH is 2. The summed E-state index contributed by atoms with van der Waals surface area (Å²) in [6.45, 7) is 16.9. The summed E-state index contributed by atoms with van der Waals surface area (Å²) < 4.78 is 0. The van der Waals surface area contributed by atoms with Gasteiger partial charge in [0, 0.05) is 13.1 Å². The lowest BCUT2D eigenvalue weighted by molar-refractivity contribution is -0.137. The van der Waals surface area contributed by atoms with Crippen LogP contribution in [0.3, 0.4) is 0 Å². The van der Waals surface area contributed by atoms with Crippen LogP contribution >= 0.6 is 0 Å². The average Bonchev–Trinajstić information content (AvgIpc) is 0.851. The van der Waals surface area contributed by atoms with Crippen molar-refractivity contribution >= 4 is 101 Å². The van der Waals surface area contributed by atoms with Crippen molar-refractivity contribution < 1.29 is 82.1 Å². The Balaban J connectivity index is 6.90. The molecule has 0 aliphatic carbocycles. The van der Waals surface area contributed by atoms with E-state index >= 15 is 0 Å². The molecule has 43 heteroatoms. The number of amides is 15. The zero-order valence-electron chi connectivity index (χ0n) is 71.7. The van der Waals surface area contributed by atoms with Gasteiger partial charge >= 0.3 is 0 Å². The van der Waals surface area contributed by atoms with Crippen LogP contribution in [-0.4, -0.2) is 254 Å². The summed E-state index contributed by atoms with van der Waals surface area (Å²) >= 11 is 0. The molecule has 43 nitrogen and oxygen atoms in total. The Morgan fingerprint density at radius 2 is 0.639 bits per heavy atom. The maximum absolute atomic E-state index is 14.7. The van der Waals surface area contributed by atoms with Crippen LogP contribution in [0.4, 0.5) is 0 Å². The lowest BCUT2D eigenvalue weighted by atomic mass is 9.96. The molecule has 0 saturated carbocycles. The predicted octanol–water partition coefficient (Wildman–Crippen LogP) is -7.31. The lowest BCUT2D eigenvalue weighted by Gasteiger charge is -2.30. The minimum Gasteiger partial charge on any atom is -0.394 e. The van der Waals surface area contributed by atoms with Crippen LogP contribution in [0.2, 0.25) is 0 Å². The number of carbonyl (C=O) groups excluding carboxylic acids is 15. The number of guanidine groups is 2. The Morgan fingerprint density at radius 3 is 1.03 bits per heavy atom. The summed E-state index contributed by atoms with van der Waals surface area (Å²) in [5.41, 5.74) is 56.6. The number of unbranched alkanes of at least 4 members (excludes halogenated alkanes) is 4. The van der Waals surface area contributed by atoms with Gasteiger partial charge < -0.3 is 142 Å². The molecule has 0 radical (unpaired) electrons. The van der Waals surface area contributed by atoms with Gasteiger partial charge in [0.2, 0.25) is 88.6 Å².